The molecule has 2 amide bonds. The Balaban J connectivity index is 1.96. The van der Waals surface area contributed by atoms with Crippen LogP contribution in [0.5, 0.6) is 0 Å². The number of carbonyl (C=O) groups is 2. The lowest BCUT2D eigenvalue weighted by Crippen LogP contribution is -2.27. The van der Waals surface area contributed by atoms with Gasteiger partial charge < -0.3 is 16.8 Å². The van der Waals surface area contributed by atoms with Crippen molar-refractivity contribution in [3.8, 4) is 0 Å². The number of amides is 2. The van der Waals surface area contributed by atoms with Crippen molar-refractivity contribution in [3.63, 3.8) is 0 Å². The maximum absolute atomic E-state index is 11.5. The summed E-state index contributed by atoms with van der Waals surface area (Å²) in [4.78, 5) is 26.5. The number of nitrogen functional groups attached to an aromatic ring is 1. The zero-order chi connectivity index (χ0) is 13.1. The molecule has 2 rings (SSSR count). The Morgan fingerprint density at radius 3 is 2.78 bits per heavy atom. The van der Waals surface area contributed by atoms with Crippen LogP contribution in [0.15, 0.2) is 17.2 Å². The highest BCUT2D eigenvalue weighted by Crippen LogP contribution is 2.23. The van der Waals surface area contributed by atoms with Gasteiger partial charge in [-0.2, -0.15) is 0 Å². The third kappa shape index (κ3) is 3.36. The number of anilines is 1. The van der Waals surface area contributed by atoms with E-state index in [9.17, 15) is 9.59 Å². The van der Waals surface area contributed by atoms with E-state index in [0.717, 1.165) is 12.8 Å². The molecule has 0 radical (unpaired) electrons. The van der Waals surface area contributed by atoms with Crippen molar-refractivity contribution >= 4 is 29.3 Å². The fourth-order valence-electron chi connectivity index (χ4n) is 1.33. The number of hydrogen-bond acceptors (Lipinski definition) is 5. The Kier molecular flexibility index (Phi) is 3.71. The van der Waals surface area contributed by atoms with E-state index in [-0.39, 0.29) is 17.4 Å². The Morgan fingerprint density at radius 2 is 2.17 bits per heavy atom. The summed E-state index contributed by atoms with van der Waals surface area (Å²) in [6.45, 7) is 0. The van der Waals surface area contributed by atoms with Crippen LogP contribution >= 0.6 is 11.8 Å². The number of nitrogens with two attached hydrogens (primary N) is 2. The lowest BCUT2D eigenvalue weighted by Gasteiger charge is -2.06. The van der Waals surface area contributed by atoms with Gasteiger partial charge >= 0.3 is 0 Å². The van der Waals surface area contributed by atoms with Crippen LogP contribution in [-0.4, -0.2) is 28.6 Å². The number of hydrogen-bond donors (Lipinski definition) is 3. The van der Waals surface area contributed by atoms with Crippen molar-refractivity contribution < 1.29 is 9.59 Å². The van der Waals surface area contributed by atoms with Crippen LogP contribution in [0, 0.1) is 0 Å². The van der Waals surface area contributed by atoms with Gasteiger partial charge in [-0.25, -0.2) is 4.98 Å². The smallest absolute Gasteiger partial charge is 0.267 e. The number of primary amides is 1. The van der Waals surface area contributed by atoms with Gasteiger partial charge in [0.2, 0.25) is 5.91 Å². The number of nitrogens with zero attached hydrogens (tertiary/aromatic N) is 1. The van der Waals surface area contributed by atoms with Gasteiger partial charge in [0.25, 0.3) is 5.91 Å². The Labute approximate surface area is 109 Å². The number of rotatable bonds is 5. The second-order valence-electron chi connectivity index (χ2n) is 4.09. The SMILES string of the molecule is NC(=O)c1ccc(N)c(SCC(=O)NC2CC2)n1. The molecule has 96 valence electrons. The zero-order valence-electron chi connectivity index (χ0n) is 9.68. The molecular weight excluding hydrogens is 252 g/mol. The molecule has 1 aromatic rings. The highest BCUT2D eigenvalue weighted by Gasteiger charge is 2.23. The summed E-state index contributed by atoms with van der Waals surface area (Å²) < 4.78 is 0. The average molecular weight is 266 g/mol. The minimum Gasteiger partial charge on any atom is -0.397 e. The van der Waals surface area contributed by atoms with E-state index >= 15 is 0 Å². The highest BCUT2D eigenvalue weighted by atomic mass is 32.2. The predicted molar refractivity (Wildman–Crippen MR) is 69.1 cm³/mol. The van der Waals surface area contributed by atoms with Crippen molar-refractivity contribution in [1.29, 1.82) is 0 Å². The van der Waals surface area contributed by atoms with E-state index in [1.165, 1.54) is 17.8 Å². The van der Waals surface area contributed by atoms with Crippen LogP contribution in [0.1, 0.15) is 23.3 Å². The van der Waals surface area contributed by atoms with Gasteiger partial charge in [0.05, 0.1) is 11.4 Å². The fourth-order valence-corrected chi connectivity index (χ4v) is 2.08. The quantitative estimate of drug-likeness (QED) is 0.656. The molecule has 5 N–H and O–H groups in total. The third-order valence-corrected chi connectivity index (χ3v) is 3.43. The van der Waals surface area contributed by atoms with Crippen molar-refractivity contribution in [3.05, 3.63) is 17.8 Å². The molecule has 1 saturated carbocycles. The normalized spacial score (nSPS) is 14.2. The number of carbonyl (C=O) groups excluding carboxylic acids is 2. The molecular formula is C11H14N4O2S. The van der Waals surface area contributed by atoms with E-state index in [0.29, 0.717) is 16.8 Å². The van der Waals surface area contributed by atoms with Gasteiger partial charge in [0.15, 0.2) is 0 Å². The van der Waals surface area contributed by atoms with E-state index < -0.39 is 5.91 Å². The molecule has 0 saturated heterocycles. The molecule has 1 aliphatic rings. The van der Waals surface area contributed by atoms with Crippen LogP contribution in [0.4, 0.5) is 5.69 Å². The van der Waals surface area contributed by atoms with Crippen LogP contribution < -0.4 is 16.8 Å². The topological polar surface area (TPSA) is 111 Å². The Morgan fingerprint density at radius 1 is 1.44 bits per heavy atom. The molecule has 0 bridgehead atoms. The standard InChI is InChI=1S/C11H14N4O2S/c12-7-3-4-8(10(13)17)15-11(7)18-5-9(16)14-6-1-2-6/h3-4,6H,1-2,5,12H2,(H2,13,17)(H,14,16). The van der Waals surface area contributed by atoms with Crippen molar-refractivity contribution in [1.82, 2.24) is 10.3 Å². The molecule has 0 unspecified atom stereocenters. The molecule has 0 aromatic carbocycles. The number of pyridine rings is 1. The van der Waals surface area contributed by atoms with Crippen LogP contribution in [-0.2, 0) is 4.79 Å². The van der Waals surface area contributed by atoms with Crippen molar-refractivity contribution in [2.75, 3.05) is 11.5 Å². The first kappa shape index (κ1) is 12.7. The van der Waals surface area contributed by atoms with Crippen molar-refractivity contribution in [2.24, 2.45) is 5.73 Å². The average Bonchev–Trinajstić information content (AvgIpc) is 3.11. The second kappa shape index (κ2) is 5.26. The molecule has 1 aromatic heterocycles. The predicted octanol–water partition coefficient (Wildman–Crippen LogP) is 0.133. The summed E-state index contributed by atoms with van der Waals surface area (Å²) in [6.07, 6.45) is 2.10. The van der Waals surface area contributed by atoms with Gasteiger partial charge in [0, 0.05) is 6.04 Å². The number of nitrogens with one attached hydrogen (secondary N) is 1. The number of aromatic nitrogens is 1. The molecule has 18 heavy (non-hydrogen) atoms. The molecule has 0 atom stereocenters. The van der Waals surface area contributed by atoms with Gasteiger partial charge in [-0.05, 0) is 25.0 Å². The first-order chi connectivity index (χ1) is 8.56. The summed E-state index contributed by atoms with van der Waals surface area (Å²) in [7, 11) is 0. The first-order valence-corrected chi connectivity index (χ1v) is 6.53. The summed E-state index contributed by atoms with van der Waals surface area (Å²) in [6, 6.07) is 3.36. The molecule has 7 heteroatoms. The minimum atomic E-state index is -0.612. The third-order valence-electron chi connectivity index (χ3n) is 2.42. The van der Waals surface area contributed by atoms with Gasteiger partial charge in [-0.3, -0.25) is 9.59 Å². The molecule has 6 nitrogen and oxygen atoms in total. The van der Waals surface area contributed by atoms with E-state index in [2.05, 4.69) is 10.3 Å². The second-order valence-corrected chi connectivity index (χ2v) is 5.05. The summed E-state index contributed by atoms with van der Waals surface area (Å²) in [5.74, 6) is -0.428. The monoisotopic (exact) mass is 266 g/mol. The minimum absolute atomic E-state index is 0.0480. The highest BCUT2D eigenvalue weighted by molar-refractivity contribution is 8.00. The first-order valence-electron chi connectivity index (χ1n) is 5.55. The van der Waals surface area contributed by atoms with Gasteiger partial charge in [-0.1, -0.05) is 11.8 Å². The van der Waals surface area contributed by atoms with E-state index in [1.807, 2.05) is 0 Å². The maximum Gasteiger partial charge on any atom is 0.267 e. The Hall–Kier alpha value is -1.76. The summed E-state index contributed by atoms with van der Waals surface area (Å²) >= 11 is 1.20. The Bertz CT molecular complexity index is 488. The lowest BCUT2D eigenvalue weighted by molar-refractivity contribution is -0.118. The largest absolute Gasteiger partial charge is 0.397 e. The lowest BCUT2D eigenvalue weighted by atomic mass is 10.3. The van der Waals surface area contributed by atoms with Crippen LogP contribution in [0.25, 0.3) is 0 Å². The number of thioether (sulfide) groups is 1. The van der Waals surface area contributed by atoms with E-state index in [4.69, 9.17) is 11.5 Å². The summed E-state index contributed by atoms with van der Waals surface area (Å²) in [5.41, 5.74) is 11.4. The fraction of sp³-hybridized carbons (Fsp3) is 0.364. The molecule has 0 aliphatic heterocycles. The van der Waals surface area contributed by atoms with Crippen LogP contribution in [0.2, 0.25) is 0 Å². The van der Waals surface area contributed by atoms with Gasteiger partial charge in [0.1, 0.15) is 10.7 Å². The molecule has 1 aliphatic carbocycles. The molecule has 1 fully saturated rings. The van der Waals surface area contributed by atoms with Gasteiger partial charge in [-0.15, -0.1) is 0 Å². The van der Waals surface area contributed by atoms with E-state index in [1.54, 1.807) is 6.07 Å². The zero-order valence-corrected chi connectivity index (χ0v) is 10.5. The molecule has 1 heterocycles. The maximum atomic E-state index is 11.5. The molecule has 0 spiro atoms. The van der Waals surface area contributed by atoms with Crippen molar-refractivity contribution in [2.45, 2.75) is 23.9 Å². The summed E-state index contributed by atoms with van der Waals surface area (Å²) in [5, 5.41) is 3.32. The van der Waals surface area contributed by atoms with Crippen LogP contribution in [0.3, 0.4) is 0 Å².